The molecule has 3 fully saturated rings. The number of halogens is 1. The summed E-state index contributed by atoms with van der Waals surface area (Å²) in [5.74, 6) is 1.59. The maximum atomic E-state index is 12.9. The van der Waals surface area contributed by atoms with Crippen molar-refractivity contribution in [2.24, 2.45) is 11.8 Å². The summed E-state index contributed by atoms with van der Waals surface area (Å²) >= 11 is 0. The van der Waals surface area contributed by atoms with Gasteiger partial charge in [-0.25, -0.2) is 0 Å². The Bertz CT molecular complexity index is 685. The monoisotopic (exact) mass is 407 g/mol. The number of hydrogen-bond donors (Lipinski definition) is 1. The van der Waals surface area contributed by atoms with Gasteiger partial charge >= 0.3 is 0 Å². The fourth-order valence-corrected chi connectivity index (χ4v) is 4.10. The zero-order valence-electron chi connectivity index (χ0n) is 16.4. The number of hydrogen-bond acceptors (Lipinski definition) is 4. The smallest absolute Gasteiger partial charge is 0.228 e. The molecule has 6 nitrogen and oxygen atoms in total. The Morgan fingerprint density at radius 3 is 2.43 bits per heavy atom. The topological polar surface area (TPSA) is 61.9 Å². The van der Waals surface area contributed by atoms with Crippen molar-refractivity contribution in [3.05, 3.63) is 24.3 Å². The van der Waals surface area contributed by atoms with Crippen LogP contribution in [0, 0.1) is 11.8 Å². The molecule has 1 unspecified atom stereocenters. The molecule has 2 aliphatic heterocycles. The first-order chi connectivity index (χ1) is 13.1. The molecule has 0 aromatic heterocycles. The van der Waals surface area contributed by atoms with Crippen molar-refractivity contribution in [2.75, 3.05) is 38.2 Å². The average molecular weight is 408 g/mol. The van der Waals surface area contributed by atoms with Crippen molar-refractivity contribution >= 4 is 29.9 Å². The molecule has 1 atom stereocenters. The Morgan fingerprint density at radius 1 is 1.14 bits per heavy atom. The highest BCUT2D eigenvalue weighted by atomic mass is 35.5. The van der Waals surface area contributed by atoms with Gasteiger partial charge in [-0.2, -0.15) is 0 Å². The summed E-state index contributed by atoms with van der Waals surface area (Å²) in [7, 11) is 1.62. The van der Waals surface area contributed by atoms with Gasteiger partial charge in [-0.1, -0.05) is 0 Å². The van der Waals surface area contributed by atoms with Crippen LogP contribution in [-0.2, 0) is 9.59 Å². The first-order valence-corrected chi connectivity index (χ1v) is 10.1. The number of ether oxygens (including phenoxy) is 1. The molecule has 4 rings (SSSR count). The van der Waals surface area contributed by atoms with Crippen LogP contribution in [0.1, 0.15) is 32.1 Å². The molecule has 3 aliphatic rings. The maximum absolute atomic E-state index is 12.9. The fraction of sp³-hybridized carbons (Fsp3) is 0.619. The summed E-state index contributed by atoms with van der Waals surface area (Å²) in [6.45, 7) is 3.21. The number of nitrogens with zero attached hydrogens (tertiary/aromatic N) is 2. The number of anilines is 1. The molecule has 0 bridgehead atoms. The second-order valence-electron chi connectivity index (χ2n) is 8.05. The van der Waals surface area contributed by atoms with Gasteiger partial charge in [0, 0.05) is 37.8 Å². The molecule has 2 amide bonds. The van der Waals surface area contributed by atoms with E-state index >= 15 is 0 Å². The van der Waals surface area contributed by atoms with Gasteiger partial charge in [0.2, 0.25) is 11.8 Å². The van der Waals surface area contributed by atoms with Gasteiger partial charge in [-0.15, -0.1) is 12.4 Å². The Labute approximate surface area is 173 Å². The van der Waals surface area contributed by atoms with Gasteiger partial charge in [-0.05, 0) is 62.4 Å². The van der Waals surface area contributed by atoms with E-state index < -0.39 is 0 Å². The number of methoxy groups -OCH3 is 1. The van der Waals surface area contributed by atoms with Crippen LogP contribution in [0.15, 0.2) is 24.3 Å². The Hall–Kier alpha value is -1.79. The van der Waals surface area contributed by atoms with E-state index in [-0.39, 0.29) is 30.1 Å². The zero-order chi connectivity index (χ0) is 18.8. The van der Waals surface area contributed by atoms with E-state index in [9.17, 15) is 9.59 Å². The quantitative estimate of drug-likeness (QED) is 0.786. The molecule has 0 spiro atoms. The molecule has 7 heteroatoms. The van der Waals surface area contributed by atoms with Crippen LogP contribution < -0.4 is 15.0 Å². The molecule has 154 valence electrons. The van der Waals surface area contributed by atoms with Crippen molar-refractivity contribution in [3.8, 4) is 5.75 Å². The number of carbonyl (C=O) groups is 2. The van der Waals surface area contributed by atoms with Crippen LogP contribution in [0.3, 0.4) is 0 Å². The lowest BCUT2D eigenvalue weighted by molar-refractivity contribution is -0.136. The first-order valence-electron chi connectivity index (χ1n) is 10.1. The second-order valence-corrected chi connectivity index (χ2v) is 8.05. The van der Waals surface area contributed by atoms with E-state index in [0.717, 1.165) is 49.8 Å². The molecular formula is C21H30ClN3O3. The Balaban J connectivity index is 0.00000225. The van der Waals surface area contributed by atoms with Crippen LogP contribution in [0.2, 0.25) is 0 Å². The lowest BCUT2D eigenvalue weighted by Gasteiger charge is -2.34. The van der Waals surface area contributed by atoms with E-state index in [1.807, 2.05) is 29.2 Å². The summed E-state index contributed by atoms with van der Waals surface area (Å²) in [6.07, 6.45) is 5.07. The largest absolute Gasteiger partial charge is 0.497 e. The van der Waals surface area contributed by atoms with E-state index in [1.165, 1.54) is 12.8 Å². The van der Waals surface area contributed by atoms with Gasteiger partial charge in [0.05, 0.1) is 13.0 Å². The van der Waals surface area contributed by atoms with Gasteiger partial charge in [0.1, 0.15) is 5.75 Å². The van der Waals surface area contributed by atoms with Crippen molar-refractivity contribution in [1.29, 1.82) is 0 Å². The normalized spacial score (nSPS) is 22.9. The molecule has 1 aromatic carbocycles. The Kier molecular flexibility index (Phi) is 6.83. The van der Waals surface area contributed by atoms with Crippen LogP contribution in [0.25, 0.3) is 0 Å². The third-order valence-electron chi connectivity index (χ3n) is 6.06. The summed E-state index contributed by atoms with van der Waals surface area (Å²) in [4.78, 5) is 29.1. The molecule has 1 N–H and O–H groups in total. The Morgan fingerprint density at radius 2 is 1.82 bits per heavy atom. The predicted molar refractivity (Wildman–Crippen MR) is 111 cm³/mol. The molecule has 1 aromatic rings. The highest BCUT2D eigenvalue weighted by molar-refractivity contribution is 6.00. The van der Waals surface area contributed by atoms with Crippen molar-refractivity contribution < 1.29 is 14.3 Å². The fourth-order valence-electron chi connectivity index (χ4n) is 4.10. The first kappa shape index (κ1) is 20.9. The summed E-state index contributed by atoms with van der Waals surface area (Å²) in [6, 6.07) is 7.98. The second kappa shape index (κ2) is 9.14. The van der Waals surface area contributed by atoms with E-state index in [2.05, 4.69) is 5.32 Å². The van der Waals surface area contributed by atoms with Crippen LogP contribution in [-0.4, -0.2) is 56.0 Å². The van der Waals surface area contributed by atoms with Crippen molar-refractivity contribution in [1.82, 2.24) is 10.2 Å². The van der Waals surface area contributed by atoms with Crippen LogP contribution in [0.4, 0.5) is 5.69 Å². The standard InChI is InChI=1S/C21H29N3O3.ClH/c1-27-19-6-4-18(5-7-19)24-14-16(12-20(24)25)21(26)23-10-8-17(9-11-23)22-13-15-2-3-15;/h4-7,15-17,22H,2-3,8-14H2,1H3;1H. The molecule has 2 saturated heterocycles. The lowest BCUT2D eigenvalue weighted by Crippen LogP contribution is -2.47. The van der Waals surface area contributed by atoms with Crippen molar-refractivity contribution in [3.63, 3.8) is 0 Å². The number of amides is 2. The molecular weight excluding hydrogens is 378 g/mol. The van der Waals surface area contributed by atoms with Crippen molar-refractivity contribution in [2.45, 2.75) is 38.1 Å². The minimum Gasteiger partial charge on any atom is -0.497 e. The molecule has 2 heterocycles. The minimum absolute atomic E-state index is 0. The van der Waals surface area contributed by atoms with Crippen LogP contribution in [0.5, 0.6) is 5.75 Å². The van der Waals surface area contributed by atoms with Gasteiger partial charge in [0.25, 0.3) is 0 Å². The zero-order valence-corrected chi connectivity index (χ0v) is 17.2. The number of carbonyl (C=O) groups excluding carboxylic acids is 2. The van der Waals surface area contributed by atoms with E-state index in [4.69, 9.17) is 4.74 Å². The minimum atomic E-state index is -0.226. The van der Waals surface area contributed by atoms with Gasteiger partial charge < -0.3 is 19.9 Å². The predicted octanol–water partition coefficient (Wildman–Crippen LogP) is 2.46. The number of likely N-dealkylation sites (tertiary alicyclic amines) is 1. The average Bonchev–Trinajstić information content (AvgIpc) is 3.46. The third kappa shape index (κ3) is 4.78. The highest BCUT2D eigenvalue weighted by Crippen LogP contribution is 2.29. The summed E-state index contributed by atoms with van der Waals surface area (Å²) < 4.78 is 5.17. The number of benzene rings is 1. The van der Waals surface area contributed by atoms with Crippen LogP contribution >= 0.6 is 12.4 Å². The number of rotatable bonds is 6. The van der Waals surface area contributed by atoms with Gasteiger partial charge in [-0.3, -0.25) is 9.59 Å². The van der Waals surface area contributed by atoms with E-state index in [0.29, 0.717) is 19.0 Å². The van der Waals surface area contributed by atoms with Gasteiger partial charge in [0.15, 0.2) is 0 Å². The number of piperidine rings is 1. The SMILES string of the molecule is COc1ccc(N2CC(C(=O)N3CCC(NCC4CC4)CC3)CC2=O)cc1.Cl. The summed E-state index contributed by atoms with van der Waals surface area (Å²) in [5, 5.41) is 3.65. The summed E-state index contributed by atoms with van der Waals surface area (Å²) in [5.41, 5.74) is 0.832. The third-order valence-corrected chi connectivity index (χ3v) is 6.06. The lowest BCUT2D eigenvalue weighted by atomic mass is 10.0. The molecule has 0 radical (unpaired) electrons. The van der Waals surface area contributed by atoms with E-state index in [1.54, 1.807) is 12.0 Å². The molecule has 28 heavy (non-hydrogen) atoms. The number of nitrogens with one attached hydrogen (secondary N) is 1. The highest BCUT2D eigenvalue weighted by Gasteiger charge is 2.38. The maximum Gasteiger partial charge on any atom is 0.228 e. The molecule has 1 aliphatic carbocycles. The molecule has 1 saturated carbocycles.